The zero-order valence-corrected chi connectivity index (χ0v) is 11.3. The van der Waals surface area contributed by atoms with Gasteiger partial charge in [0, 0.05) is 36.9 Å². The lowest BCUT2D eigenvalue weighted by Gasteiger charge is -2.02. The van der Waals surface area contributed by atoms with E-state index in [-0.39, 0.29) is 12.3 Å². The standard InChI is InChI=1S/C14H11FN6O/c15-11-8-10(2-6-16-11)21-7-3-12(20-21)19-14(22)9-13-17-4-1-5-18-13/h1-8H,9H2,(H,19,20,22). The van der Waals surface area contributed by atoms with Gasteiger partial charge in [-0.25, -0.2) is 19.6 Å². The summed E-state index contributed by atoms with van der Waals surface area (Å²) in [5, 5.41) is 6.79. The zero-order chi connectivity index (χ0) is 15.4. The summed E-state index contributed by atoms with van der Waals surface area (Å²) in [7, 11) is 0. The summed E-state index contributed by atoms with van der Waals surface area (Å²) < 4.78 is 14.5. The van der Waals surface area contributed by atoms with Crippen molar-refractivity contribution >= 4 is 11.7 Å². The Kier molecular flexibility index (Phi) is 3.82. The van der Waals surface area contributed by atoms with E-state index < -0.39 is 5.95 Å². The number of rotatable bonds is 4. The van der Waals surface area contributed by atoms with Crippen LogP contribution >= 0.6 is 0 Å². The number of carbonyl (C=O) groups is 1. The van der Waals surface area contributed by atoms with Crippen LogP contribution in [0.15, 0.2) is 49.1 Å². The summed E-state index contributed by atoms with van der Waals surface area (Å²) in [6.07, 6.45) is 6.16. The third kappa shape index (κ3) is 3.29. The first kappa shape index (κ1) is 13.8. The van der Waals surface area contributed by atoms with E-state index in [0.29, 0.717) is 17.3 Å². The van der Waals surface area contributed by atoms with Crippen LogP contribution in [0.3, 0.4) is 0 Å². The molecule has 3 aromatic rings. The number of carbonyl (C=O) groups excluding carboxylic acids is 1. The molecule has 0 aromatic carbocycles. The molecule has 0 saturated heterocycles. The minimum Gasteiger partial charge on any atom is -0.309 e. The molecule has 0 bridgehead atoms. The Bertz CT molecular complexity index is 789. The predicted octanol–water partition coefficient (Wildman–Crippen LogP) is 1.38. The van der Waals surface area contributed by atoms with Gasteiger partial charge in [-0.1, -0.05) is 0 Å². The molecule has 0 spiro atoms. The van der Waals surface area contributed by atoms with Crippen molar-refractivity contribution in [1.82, 2.24) is 24.7 Å². The smallest absolute Gasteiger partial charge is 0.233 e. The fraction of sp³-hybridized carbons (Fsp3) is 0.0714. The van der Waals surface area contributed by atoms with Crippen molar-refractivity contribution in [2.24, 2.45) is 0 Å². The summed E-state index contributed by atoms with van der Waals surface area (Å²) >= 11 is 0. The Morgan fingerprint density at radius 2 is 2.00 bits per heavy atom. The van der Waals surface area contributed by atoms with Crippen LogP contribution in [0, 0.1) is 5.95 Å². The molecule has 1 N–H and O–H groups in total. The van der Waals surface area contributed by atoms with Crippen molar-refractivity contribution < 1.29 is 9.18 Å². The summed E-state index contributed by atoms with van der Waals surface area (Å²) in [6, 6.07) is 6.15. The van der Waals surface area contributed by atoms with Crippen molar-refractivity contribution in [3.8, 4) is 5.69 Å². The molecule has 0 aliphatic carbocycles. The highest BCUT2D eigenvalue weighted by molar-refractivity contribution is 5.90. The first-order chi connectivity index (χ1) is 10.7. The lowest BCUT2D eigenvalue weighted by molar-refractivity contribution is -0.115. The molecule has 0 atom stereocenters. The van der Waals surface area contributed by atoms with Crippen molar-refractivity contribution in [1.29, 1.82) is 0 Å². The summed E-state index contributed by atoms with van der Waals surface area (Å²) in [5.74, 6) is -0.0917. The van der Waals surface area contributed by atoms with Crippen LogP contribution in [0.1, 0.15) is 5.82 Å². The Balaban J connectivity index is 1.68. The van der Waals surface area contributed by atoms with E-state index in [0.717, 1.165) is 0 Å². The van der Waals surface area contributed by atoms with Crippen LogP contribution in [0.2, 0.25) is 0 Å². The zero-order valence-electron chi connectivity index (χ0n) is 11.3. The SMILES string of the molecule is O=C(Cc1ncccn1)Nc1ccn(-c2ccnc(F)c2)n1. The monoisotopic (exact) mass is 298 g/mol. The number of aromatic nitrogens is 5. The fourth-order valence-corrected chi connectivity index (χ4v) is 1.82. The second kappa shape index (κ2) is 6.08. The van der Waals surface area contributed by atoms with E-state index >= 15 is 0 Å². The first-order valence-electron chi connectivity index (χ1n) is 6.44. The fourth-order valence-electron chi connectivity index (χ4n) is 1.82. The minimum atomic E-state index is -0.597. The molecule has 0 radical (unpaired) electrons. The predicted molar refractivity (Wildman–Crippen MR) is 75.7 cm³/mol. The molecule has 1 amide bonds. The van der Waals surface area contributed by atoms with Crippen LogP contribution in [-0.2, 0) is 11.2 Å². The topological polar surface area (TPSA) is 85.6 Å². The van der Waals surface area contributed by atoms with E-state index in [9.17, 15) is 9.18 Å². The van der Waals surface area contributed by atoms with Crippen molar-refractivity contribution in [3.63, 3.8) is 0 Å². The maximum Gasteiger partial charge on any atom is 0.233 e. The molecule has 0 aliphatic rings. The van der Waals surface area contributed by atoms with Crippen molar-refractivity contribution in [2.45, 2.75) is 6.42 Å². The largest absolute Gasteiger partial charge is 0.309 e. The number of hydrogen-bond acceptors (Lipinski definition) is 5. The average molecular weight is 298 g/mol. The van der Waals surface area contributed by atoms with Crippen LogP contribution < -0.4 is 5.32 Å². The highest BCUT2D eigenvalue weighted by atomic mass is 19.1. The lowest BCUT2D eigenvalue weighted by atomic mass is 10.3. The van der Waals surface area contributed by atoms with Crippen LogP contribution in [0.5, 0.6) is 0 Å². The third-order valence-electron chi connectivity index (χ3n) is 2.77. The molecule has 0 unspecified atom stereocenters. The molecule has 22 heavy (non-hydrogen) atoms. The molecule has 3 heterocycles. The summed E-state index contributed by atoms with van der Waals surface area (Å²) in [4.78, 5) is 23.3. The van der Waals surface area contributed by atoms with Gasteiger partial charge in [0.1, 0.15) is 5.82 Å². The number of anilines is 1. The quantitative estimate of drug-likeness (QED) is 0.735. The number of nitrogens with zero attached hydrogens (tertiary/aromatic N) is 5. The second-order valence-corrected chi connectivity index (χ2v) is 4.37. The number of amides is 1. The summed E-state index contributed by atoms with van der Waals surface area (Å²) in [6.45, 7) is 0. The number of hydrogen-bond donors (Lipinski definition) is 1. The molecule has 0 aliphatic heterocycles. The van der Waals surface area contributed by atoms with E-state index in [2.05, 4.69) is 25.4 Å². The molecular formula is C14H11FN6O. The van der Waals surface area contributed by atoms with Gasteiger partial charge in [-0.15, -0.1) is 0 Å². The Morgan fingerprint density at radius 3 is 2.77 bits per heavy atom. The minimum absolute atomic E-state index is 0.0532. The van der Waals surface area contributed by atoms with Crippen LogP contribution in [-0.4, -0.2) is 30.6 Å². The van der Waals surface area contributed by atoms with E-state index in [4.69, 9.17) is 0 Å². The molecule has 110 valence electrons. The van der Waals surface area contributed by atoms with Gasteiger partial charge < -0.3 is 5.32 Å². The van der Waals surface area contributed by atoms with Gasteiger partial charge in [0.2, 0.25) is 11.9 Å². The van der Waals surface area contributed by atoms with E-state index in [1.807, 2.05) is 0 Å². The second-order valence-electron chi connectivity index (χ2n) is 4.37. The lowest BCUT2D eigenvalue weighted by Crippen LogP contribution is -2.16. The number of pyridine rings is 1. The van der Waals surface area contributed by atoms with E-state index in [1.54, 1.807) is 36.8 Å². The van der Waals surface area contributed by atoms with Crippen LogP contribution in [0.25, 0.3) is 5.69 Å². The molecule has 3 aromatic heterocycles. The number of halogens is 1. The normalized spacial score (nSPS) is 10.4. The van der Waals surface area contributed by atoms with Gasteiger partial charge in [0.25, 0.3) is 0 Å². The van der Waals surface area contributed by atoms with Gasteiger partial charge in [0.05, 0.1) is 12.1 Å². The Labute approximate surface area is 124 Å². The molecule has 0 fully saturated rings. The third-order valence-corrected chi connectivity index (χ3v) is 2.77. The average Bonchev–Trinajstić information content (AvgIpc) is 2.96. The van der Waals surface area contributed by atoms with Crippen LogP contribution in [0.4, 0.5) is 10.2 Å². The number of nitrogens with one attached hydrogen (secondary N) is 1. The molecular weight excluding hydrogens is 287 g/mol. The van der Waals surface area contributed by atoms with Gasteiger partial charge in [-0.3, -0.25) is 4.79 Å². The molecule has 0 saturated carbocycles. The maximum absolute atomic E-state index is 13.1. The van der Waals surface area contributed by atoms with Gasteiger partial charge >= 0.3 is 0 Å². The Hall–Kier alpha value is -3.16. The van der Waals surface area contributed by atoms with Gasteiger partial charge in [0.15, 0.2) is 5.82 Å². The van der Waals surface area contributed by atoms with Gasteiger partial charge in [-0.2, -0.15) is 9.49 Å². The highest BCUT2D eigenvalue weighted by Crippen LogP contribution is 2.10. The molecule has 8 heteroatoms. The maximum atomic E-state index is 13.1. The van der Waals surface area contributed by atoms with E-state index in [1.165, 1.54) is 16.9 Å². The Morgan fingerprint density at radius 1 is 1.18 bits per heavy atom. The summed E-state index contributed by atoms with van der Waals surface area (Å²) in [5.41, 5.74) is 0.513. The highest BCUT2D eigenvalue weighted by Gasteiger charge is 2.08. The molecule has 3 rings (SSSR count). The first-order valence-corrected chi connectivity index (χ1v) is 6.44. The molecule has 7 nitrogen and oxygen atoms in total. The van der Waals surface area contributed by atoms with Crippen molar-refractivity contribution in [2.75, 3.05) is 5.32 Å². The van der Waals surface area contributed by atoms with Gasteiger partial charge in [-0.05, 0) is 12.1 Å². The van der Waals surface area contributed by atoms with Crippen molar-refractivity contribution in [3.05, 3.63) is 60.8 Å².